The molecule has 0 aliphatic carbocycles. The number of nitrogens with one attached hydrogen (secondary N) is 1. The molecule has 1 aromatic heterocycles. The number of aromatic nitrogens is 1. The predicted molar refractivity (Wildman–Crippen MR) is 89.7 cm³/mol. The van der Waals surface area contributed by atoms with Gasteiger partial charge in [0.05, 0.1) is 11.2 Å². The van der Waals surface area contributed by atoms with E-state index in [1.165, 1.54) is 23.9 Å². The zero-order chi connectivity index (χ0) is 14.8. The number of benzene rings is 1. The van der Waals surface area contributed by atoms with Crippen LogP contribution in [0.3, 0.4) is 0 Å². The van der Waals surface area contributed by atoms with E-state index in [0.29, 0.717) is 6.04 Å². The lowest BCUT2D eigenvalue weighted by Crippen LogP contribution is -2.41. The van der Waals surface area contributed by atoms with Crippen molar-refractivity contribution in [2.75, 3.05) is 18.5 Å². The van der Waals surface area contributed by atoms with Crippen molar-refractivity contribution >= 4 is 16.6 Å². The number of fused-ring (bicyclic) bond motifs is 1. The van der Waals surface area contributed by atoms with E-state index in [2.05, 4.69) is 54.4 Å². The Bertz CT molecular complexity index is 623. The summed E-state index contributed by atoms with van der Waals surface area (Å²) in [6, 6.07) is 11.4. The molecule has 0 saturated carbocycles. The van der Waals surface area contributed by atoms with Crippen molar-refractivity contribution in [3.8, 4) is 0 Å². The first-order chi connectivity index (χ1) is 10.2. The van der Waals surface area contributed by atoms with Gasteiger partial charge < -0.3 is 10.2 Å². The average Bonchev–Trinajstić information content (AvgIpc) is 2.49. The van der Waals surface area contributed by atoms with Gasteiger partial charge in [0.25, 0.3) is 0 Å². The highest BCUT2D eigenvalue weighted by Gasteiger charge is 2.24. The first kappa shape index (κ1) is 14.3. The van der Waals surface area contributed by atoms with Crippen LogP contribution in [0.5, 0.6) is 0 Å². The first-order valence-corrected chi connectivity index (χ1v) is 7.99. The van der Waals surface area contributed by atoms with Crippen molar-refractivity contribution < 1.29 is 0 Å². The Morgan fingerprint density at radius 1 is 1.24 bits per heavy atom. The van der Waals surface area contributed by atoms with Crippen LogP contribution in [0.25, 0.3) is 10.9 Å². The van der Waals surface area contributed by atoms with Crippen molar-refractivity contribution in [1.29, 1.82) is 0 Å². The summed E-state index contributed by atoms with van der Waals surface area (Å²) >= 11 is 0. The van der Waals surface area contributed by atoms with Crippen LogP contribution in [-0.2, 0) is 6.54 Å². The number of para-hydroxylation sites is 1. The summed E-state index contributed by atoms with van der Waals surface area (Å²) in [6.45, 7) is 6.67. The number of hydrogen-bond acceptors (Lipinski definition) is 3. The van der Waals surface area contributed by atoms with E-state index in [4.69, 9.17) is 4.98 Å². The van der Waals surface area contributed by atoms with E-state index in [9.17, 15) is 0 Å². The maximum absolute atomic E-state index is 4.78. The van der Waals surface area contributed by atoms with Crippen molar-refractivity contribution in [1.82, 2.24) is 10.3 Å². The summed E-state index contributed by atoms with van der Waals surface area (Å²) in [4.78, 5) is 7.36. The topological polar surface area (TPSA) is 28.2 Å². The summed E-state index contributed by atoms with van der Waals surface area (Å²) in [5.74, 6) is 0.765. The molecule has 1 N–H and O–H groups in total. The van der Waals surface area contributed by atoms with Crippen LogP contribution in [0.2, 0.25) is 0 Å². The molecule has 2 aromatic rings. The minimum Gasteiger partial charge on any atom is -0.368 e. The predicted octanol–water partition coefficient (Wildman–Crippen LogP) is 3.58. The SMILES string of the molecule is CNCc1cc(N2CC(C)CCC2C)c2ccccc2n1. The summed E-state index contributed by atoms with van der Waals surface area (Å²) < 4.78 is 0. The van der Waals surface area contributed by atoms with Gasteiger partial charge in [-0.15, -0.1) is 0 Å². The number of piperidine rings is 1. The second-order valence-electron chi connectivity index (χ2n) is 6.36. The van der Waals surface area contributed by atoms with E-state index in [1.54, 1.807) is 0 Å². The van der Waals surface area contributed by atoms with Crippen LogP contribution in [0.4, 0.5) is 5.69 Å². The molecule has 2 atom stereocenters. The Hall–Kier alpha value is -1.61. The Morgan fingerprint density at radius 2 is 2.05 bits per heavy atom. The van der Waals surface area contributed by atoms with Gasteiger partial charge >= 0.3 is 0 Å². The number of hydrogen-bond donors (Lipinski definition) is 1. The Morgan fingerprint density at radius 3 is 2.86 bits per heavy atom. The van der Waals surface area contributed by atoms with Gasteiger partial charge in [0, 0.05) is 30.2 Å². The molecule has 1 saturated heterocycles. The third-order valence-electron chi connectivity index (χ3n) is 4.53. The first-order valence-electron chi connectivity index (χ1n) is 7.99. The maximum Gasteiger partial charge on any atom is 0.0726 e. The van der Waals surface area contributed by atoms with Crippen LogP contribution < -0.4 is 10.2 Å². The Labute approximate surface area is 127 Å². The van der Waals surface area contributed by atoms with Crippen molar-refractivity contribution in [3.63, 3.8) is 0 Å². The molecular formula is C18H25N3. The van der Waals surface area contributed by atoms with Gasteiger partial charge in [-0.25, -0.2) is 0 Å². The fourth-order valence-electron chi connectivity index (χ4n) is 3.34. The standard InChI is InChI=1S/C18H25N3/c1-13-8-9-14(2)21(12-13)18-10-15(11-19-3)20-17-7-5-4-6-16(17)18/h4-7,10,13-14,19H,8-9,11-12H2,1-3H3. The van der Waals surface area contributed by atoms with Crippen LogP contribution in [0.1, 0.15) is 32.4 Å². The van der Waals surface area contributed by atoms with Gasteiger partial charge in [-0.05, 0) is 44.9 Å². The quantitative estimate of drug-likeness (QED) is 0.933. The van der Waals surface area contributed by atoms with E-state index in [-0.39, 0.29) is 0 Å². The molecule has 0 bridgehead atoms. The van der Waals surface area contributed by atoms with Crippen LogP contribution in [0.15, 0.2) is 30.3 Å². The van der Waals surface area contributed by atoms with Crippen LogP contribution in [-0.4, -0.2) is 24.6 Å². The maximum atomic E-state index is 4.78. The highest BCUT2D eigenvalue weighted by Crippen LogP contribution is 2.33. The molecule has 1 aliphatic rings. The molecule has 3 heteroatoms. The number of rotatable bonds is 3. The summed E-state index contributed by atoms with van der Waals surface area (Å²) in [5, 5.41) is 4.49. The van der Waals surface area contributed by atoms with Gasteiger partial charge in [0.1, 0.15) is 0 Å². The fraction of sp³-hybridized carbons (Fsp3) is 0.500. The molecule has 3 rings (SSSR count). The Balaban J connectivity index is 2.10. The molecule has 1 aliphatic heterocycles. The number of nitrogens with zero attached hydrogens (tertiary/aromatic N) is 2. The van der Waals surface area contributed by atoms with Crippen molar-refractivity contribution in [2.24, 2.45) is 5.92 Å². The van der Waals surface area contributed by atoms with Crippen molar-refractivity contribution in [3.05, 3.63) is 36.0 Å². The van der Waals surface area contributed by atoms with E-state index in [0.717, 1.165) is 30.2 Å². The van der Waals surface area contributed by atoms with Gasteiger partial charge in [0.15, 0.2) is 0 Å². The molecule has 112 valence electrons. The number of pyridine rings is 1. The molecule has 3 nitrogen and oxygen atoms in total. The van der Waals surface area contributed by atoms with Gasteiger partial charge in [-0.3, -0.25) is 4.98 Å². The van der Waals surface area contributed by atoms with Crippen LogP contribution >= 0.6 is 0 Å². The molecule has 2 unspecified atom stereocenters. The molecule has 2 heterocycles. The highest BCUT2D eigenvalue weighted by molar-refractivity contribution is 5.92. The van der Waals surface area contributed by atoms with Gasteiger partial charge in [-0.2, -0.15) is 0 Å². The van der Waals surface area contributed by atoms with Crippen molar-refractivity contribution in [2.45, 2.75) is 39.3 Å². The lowest BCUT2D eigenvalue weighted by atomic mass is 9.94. The largest absolute Gasteiger partial charge is 0.368 e. The monoisotopic (exact) mass is 283 g/mol. The molecule has 1 aromatic carbocycles. The van der Waals surface area contributed by atoms with E-state index >= 15 is 0 Å². The molecule has 0 amide bonds. The molecular weight excluding hydrogens is 258 g/mol. The third-order valence-corrected chi connectivity index (χ3v) is 4.53. The van der Waals surface area contributed by atoms with Gasteiger partial charge in [0.2, 0.25) is 0 Å². The lowest BCUT2D eigenvalue weighted by Gasteiger charge is -2.39. The molecule has 21 heavy (non-hydrogen) atoms. The second-order valence-corrected chi connectivity index (χ2v) is 6.36. The van der Waals surface area contributed by atoms with E-state index < -0.39 is 0 Å². The summed E-state index contributed by atoms with van der Waals surface area (Å²) in [5.41, 5.74) is 3.58. The molecule has 0 radical (unpaired) electrons. The third kappa shape index (κ3) is 2.88. The van der Waals surface area contributed by atoms with Crippen LogP contribution in [0, 0.1) is 5.92 Å². The Kier molecular flexibility index (Phi) is 4.11. The zero-order valence-corrected chi connectivity index (χ0v) is 13.3. The second kappa shape index (κ2) is 6.02. The zero-order valence-electron chi connectivity index (χ0n) is 13.3. The average molecular weight is 283 g/mol. The highest BCUT2D eigenvalue weighted by atomic mass is 15.2. The smallest absolute Gasteiger partial charge is 0.0726 e. The minimum atomic E-state index is 0.606. The lowest BCUT2D eigenvalue weighted by molar-refractivity contribution is 0.391. The summed E-state index contributed by atoms with van der Waals surface area (Å²) in [7, 11) is 1.97. The molecule has 1 fully saturated rings. The number of anilines is 1. The van der Waals surface area contributed by atoms with Gasteiger partial charge in [-0.1, -0.05) is 25.1 Å². The fourth-order valence-corrected chi connectivity index (χ4v) is 3.34. The minimum absolute atomic E-state index is 0.606. The normalized spacial score (nSPS) is 22.7. The van der Waals surface area contributed by atoms with E-state index in [1.807, 2.05) is 7.05 Å². The summed E-state index contributed by atoms with van der Waals surface area (Å²) in [6.07, 6.45) is 2.61. The molecule has 0 spiro atoms.